The maximum Gasteiger partial charge on any atom is 0.122 e. The number of para-hydroxylation sites is 1. The van der Waals surface area contributed by atoms with E-state index in [1.54, 1.807) is 6.07 Å². The van der Waals surface area contributed by atoms with E-state index in [0.717, 1.165) is 24.0 Å². The van der Waals surface area contributed by atoms with Crippen molar-refractivity contribution in [3.8, 4) is 5.75 Å². The molecule has 1 heterocycles. The van der Waals surface area contributed by atoms with Crippen molar-refractivity contribution in [2.24, 2.45) is 0 Å². The van der Waals surface area contributed by atoms with Crippen molar-refractivity contribution in [3.05, 3.63) is 59.2 Å². The molecule has 0 bridgehead atoms. The molecule has 1 unspecified atom stereocenters. The Morgan fingerprint density at radius 1 is 1.40 bits per heavy atom. The van der Waals surface area contributed by atoms with E-state index in [2.05, 4.69) is 19.6 Å². The average molecular weight is 270 g/mol. The van der Waals surface area contributed by atoms with Crippen molar-refractivity contribution in [1.29, 1.82) is 0 Å². The van der Waals surface area contributed by atoms with Crippen LogP contribution in [0.2, 0.25) is 0 Å². The smallest absolute Gasteiger partial charge is 0.122 e. The summed E-state index contributed by atoms with van der Waals surface area (Å²) >= 11 is 0. The Bertz CT molecular complexity index is 552. The van der Waals surface area contributed by atoms with Gasteiger partial charge in [0, 0.05) is 5.56 Å². The van der Waals surface area contributed by atoms with Gasteiger partial charge >= 0.3 is 0 Å². The van der Waals surface area contributed by atoms with Crippen LogP contribution in [0.25, 0.3) is 6.08 Å². The van der Waals surface area contributed by atoms with E-state index < -0.39 is 0 Å². The van der Waals surface area contributed by atoms with E-state index in [1.807, 2.05) is 31.2 Å². The first-order valence-electron chi connectivity index (χ1n) is 7.00. The minimum absolute atomic E-state index is 0.167. The van der Waals surface area contributed by atoms with Gasteiger partial charge in [-0.3, -0.25) is 0 Å². The lowest BCUT2D eigenvalue weighted by molar-refractivity contribution is 0.116. The zero-order chi connectivity index (χ0) is 14.5. The lowest BCUT2D eigenvalue weighted by Crippen LogP contribution is -2.10. The molecule has 0 aromatic heterocycles. The van der Waals surface area contributed by atoms with Gasteiger partial charge in [-0.05, 0) is 38.3 Å². The molecule has 0 saturated carbocycles. The van der Waals surface area contributed by atoms with Crippen LogP contribution in [0.4, 0.5) is 0 Å². The number of hydrogen-bond acceptors (Lipinski definition) is 2. The largest absolute Gasteiger partial charge is 0.507 e. The summed E-state index contributed by atoms with van der Waals surface area (Å²) in [6.07, 6.45) is 6.22. The van der Waals surface area contributed by atoms with Gasteiger partial charge in [-0.15, -0.1) is 0 Å². The Kier molecular flexibility index (Phi) is 4.80. The summed E-state index contributed by atoms with van der Waals surface area (Å²) in [4.78, 5) is 0. The molecule has 0 amide bonds. The molecule has 1 aromatic carbocycles. The fraction of sp³-hybridized carbons (Fsp3) is 0.333. The zero-order valence-electron chi connectivity index (χ0n) is 12.2. The monoisotopic (exact) mass is 270 g/mol. The van der Waals surface area contributed by atoms with Gasteiger partial charge in [-0.1, -0.05) is 48.1 Å². The van der Waals surface area contributed by atoms with Crippen molar-refractivity contribution in [1.82, 2.24) is 0 Å². The zero-order valence-corrected chi connectivity index (χ0v) is 12.2. The van der Waals surface area contributed by atoms with Crippen LogP contribution >= 0.6 is 0 Å². The van der Waals surface area contributed by atoms with Gasteiger partial charge < -0.3 is 9.84 Å². The summed E-state index contributed by atoms with van der Waals surface area (Å²) in [7, 11) is 0. The number of benzene rings is 1. The molecule has 0 spiro atoms. The number of allylic oxidation sites excluding steroid dienone is 1. The van der Waals surface area contributed by atoms with Crippen LogP contribution in [0.5, 0.6) is 5.75 Å². The lowest BCUT2D eigenvalue weighted by atomic mass is 9.98. The summed E-state index contributed by atoms with van der Waals surface area (Å²) in [6, 6.07) is 7.39. The van der Waals surface area contributed by atoms with Crippen LogP contribution in [0.15, 0.2) is 53.6 Å². The molecule has 0 radical (unpaired) electrons. The summed E-state index contributed by atoms with van der Waals surface area (Å²) in [5.41, 5.74) is 4.44. The van der Waals surface area contributed by atoms with E-state index in [4.69, 9.17) is 4.74 Å². The van der Waals surface area contributed by atoms with Crippen molar-refractivity contribution >= 4 is 6.08 Å². The molecule has 1 atom stereocenters. The molecule has 20 heavy (non-hydrogen) atoms. The summed E-state index contributed by atoms with van der Waals surface area (Å²) in [5.74, 6) is 0.325. The third kappa shape index (κ3) is 3.61. The Balaban J connectivity index is 1.96. The van der Waals surface area contributed by atoms with E-state index in [1.165, 1.54) is 11.1 Å². The van der Waals surface area contributed by atoms with Gasteiger partial charge in [0.05, 0.1) is 12.7 Å². The highest BCUT2D eigenvalue weighted by Gasteiger charge is 2.19. The van der Waals surface area contributed by atoms with E-state index in [-0.39, 0.29) is 6.10 Å². The molecule has 2 nitrogen and oxygen atoms in total. The number of hydrogen-bond donors (Lipinski definition) is 1. The van der Waals surface area contributed by atoms with Crippen LogP contribution in [0.3, 0.4) is 0 Å². The molecule has 1 aliphatic heterocycles. The topological polar surface area (TPSA) is 29.5 Å². The standard InChI is InChI=1S/C18H22O2/c1-13(2)16-10-11-20-18(16)9-8-14(3)12-15-6-4-5-7-17(15)19/h4-7,10,12,18-19H,1,8-9,11H2,2-3H3/b14-12+. The third-order valence-electron chi connectivity index (χ3n) is 3.58. The van der Waals surface area contributed by atoms with E-state index >= 15 is 0 Å². The van der Waals surface area contributed by atoms with Crippen molar-refractivity contribution in [2.75, 3.05) is 6.61 Å². The number of ether oxygens (including phenoxy) is 1. The average Bonchev–Trinajstić information content (AvgIpc) is 2.88. The SMILES string of the molecule is C=C(C)C1=CCOC1CC/C(C)=C/c1ccccc1O. The van der Waals surface area contributed by atoms with Gasteiger partial charge in [0.2, 0.25) is 0 Å². The van der Waals surface area contributed by atoms with Crippen LogP contribution in [0.1, 0.15) is 32.3 Å². The second-order valence-corrected chi connectivity index (χ2v) is 5.35. The summed E-state index contributed by atoms with van der Waals surface area (Å²) in [5, 5.41) is 9.76. The maximum absolute atomic E-state index is 9.76. The Labute approximate surface area is 121 Å². The van der Waals surface area contributed by atoms with E-state index in [9.17, 15) is 5.11 Å². The minimum atomic E-state index is 0.167. The van der Waals surface area contributed by atoms with Crippen molar-refractivity contribution in [3.63, 3.8) is 0 Å². The van der Waals surface area contributed by atoms with Gasteiger partial charge in [0.15, 0.2) is 0 Å². The van der Waals surface area contributed by atoms with Gasteiger partial charge in [0.1, 0.15) is 5.75 Å². The molecule has 1 N–H and O–H groups in total. The number of phenolic OH excluding ortho intramolecular Hbond substituents is 1. The Morgan fingerprint density at radius 2 is 2.15 bits per heavy atom. The van der Waals surface area contributed by atoms with Crippen molar-refractivity contribution < 1.29 is 9.84 Å². The van der Waals surface area contributed by atoms with Gasteiger partial charge in [0.25, 0.3) is 0 Å². The first-order chi connectivity index (χ1) is 9.58. The van der Waals surface area contributed by atoms with Crippen LogP contribution in [-0.4, -0.2) is 17.8 Å². The Hall–Kier alpha value is -1.80. The van der Waals surface area contributed by atoms with Crippen molar-refractivity contribution in [2.45, 2.75) is 32.8 Å². The number of aromatic hydroxyl groups is 1. The minimum Gasteiger partial charge on any atom is -0.507 e. The number of phenols is 1. The highest BCUT2D eigenvalue weighted by atomic mass is 16.5. The van der Waals surface area contributed by atoms with Crippen LogP contribution in [-0.2, 0) is 4.74 Å². The fourth-order valence-electron chi connectivity index (χ4n) is 2.47. The Morgan fingerprint density at radius 3 is 2.85 bits per heavy atom. The maximum atomic E-state index is 9.76. The molecule has 1 aliphatic rings. The first-order valence-corrected chi connectivity index (χ1v) is 7.00. The molecule has 0 saturated heterocycles. The second kappa shape index (κ2) is 6.58. The second-order valence-electron chi connectivity index (χ2n) is 5.35. The lowest BCUT2D eigenvalue weighted by Gasteiger charge is -2.15. The molecule has 0 fully saturated rings. The highest BCUT2D eigenvalue weighted by Crippen LogP contribution is 2.27. The molecule has 2 heteroatoms. The predicted molar refractivity (Wildman–Crippen MR) is 83.6 cm³/mol. The first kappa shape index (κ1) is 14.6. The summed E-state index contributed by atoms with van der Waals surface area (Å²) < 4.78 is 5.72. The molecule has 2 rings (SSSR count). The van der Waals surface area contributed by atoms with Crippen LogP contribution in [0, 0.1) is 0 Å². The third-order valence-corrected chi connectivity index (χ3v) is 3.58. The summed E-state index contributed by atoms with van der Waals surface area (Å²) in [6.45, 7) is 8.80. The molecule has 106 valence electrons. The molecular weight excluding hydrogens is 248 g/mol. The highest BCUT2D eigenvalue weighted by molar-refractivity contribution is 5.58. The fourth-order valence-corrected chi connectivity index (χ4v) is 2.47. The van der Waals surface area contributed by atoms with Crippen LogP contribution < -0.4 is 0 Å². The quantitative estimate of drug-likeness (QED) is 0.855. The molecule has 0 aliphatic carbocycles. The molecular formula is C18H22O2. The van der Waals surface area contributed by atoms with Gasteiger partial charge in [-0.25, -0.2) is 0 Å². The van der Waals surface area contributed by atoms with Gasteiger partial charge in [-0.2, -0.15) is 0 Å². The predicted octanol–water partition coefficient (Wildman–Crippen LogP) is 4.48. The number of rotatable bonds is 5. The molecule has 1 aromatic rings. The van der Waals surface area contributed by atoms with E-state index in [0.29, 0.717) is 12.4 Å². The normalized spacial score (nSPS) is 19.0.